The Kier molecular flexibility index (Phi) is 4.76. The van der Waals surface area contributed by atoms with Crippen LogP contribution in [0.25, 0.3) is 0 Å². The molecule has 94 valence electrons. The second-order valence-electron chi connectivity index (χ2n) is 2.98. The van der Waals surface area contributed by atoms with Crippen molar-refractivity contribution in [1.82, 2.24) is 0 Å². The maximum absolute atomic E-state index is 13.4. The first-order valence-corrected chi connectivity index (χ1v) is 6.60. The van der Waals surface area contributed by atoms with E-state index in [0.717, 1.165) is 23.7 Å². The number of rotatable bonds is 4. The first kappa shape index (κ1) is 14.2. The molecule has 1 aromatic rings. The minimum Gasteiger partial charge on any atom is -0.485 e. The van der Waals surface area contributed by atoms with E-state index in [1.54, 1.807) is 0 Å². The van der Waals surface area contributed by atoms with Gasteiger partial charge in [-0.05, 0) is 18.2 Å². The highest BCUT2D eigenvalue weighted by Gasteiger charge is 2.12. The van der Waals surface area contributed by atoms with Gasteiger partial charge in [0.2, 0.25) is 10.0 Å². The van der Waals surface area contributed by atoms with E-state index in [9.17, 15) is 12.8 Å². The van der Waals surface area contributed by atoms with Gasteiger partial charge in [0.05, 0.1) is 9.93 Å². The normalized spacial score (nSPS) is 12.6. The van der Waals surface area contributed by atoms with Crippen molar-refractivity contribution < 1.29 is 17.5 Å². The third kappa shape index (κ3) is 4.16. The standard InChI is InChI=1S/C9H8Cl2FNO3S/c10-4-6(11)5-16-9-2-1-7(3-8(9)12)17(13,14)15/h1-4H,5H2,(H2,13,14,15)/b6-4-. The molecular formula is C9H8Cl2FNO3S. The molecule has 1 rings (SSSR count). The lowest BCUT2D eigenvalue weighted by atomic mass is 10.3. The average Bonchev–Trinajstić information content (AvgIpc) is 2.25. The summed E-state index contributed by atoms with van der Waals surface area (Å²) >= 11 is 10.8. The van der Waals surface area contributed by atoms with E-state index in [-0.39, 0.29) is 22.3 Å². The van der Waals surface area contributed by atoms with Gasteiger partial charge in [-0.3, -0.25) is 0 Å². The van der Waals surface area contributed by atoms with Crippen LogP contribution in [-0.4, -0.2) is 15.0 Å². The summed E-state index contributed by atoms with van der Waals surface area (Å²) in [5.74, 6) is -0.996. The van der Waals surface area contributed by atoms with Crippen molar-refractivity contribution >= 4 is 33.2 Å². The van der Waals surface area contributed by atoms with Crippen molar-refractivity contribution in [1.29, 1.82) is 0 Å². The lowest BCUT2D eigenvalue weighted by molar-refractivity contribution is 0.338. The van der Waals surface area contributed by atoms with E-state index >= 15 is 0 Å². The van der Waals surface area contributed by atoms with Gasteiger partial charge in [-0.25, -0.2) is 17.9 Å². The third-order valence-electron chi connectivity index (χ3n) is 1.72. The molecule has 0 bridgehead atoms. The van der Waals surface area contributed by atoms with Crippen LogP contribution in [-0.2, 0) is 10.0 Å². The number of nitrogens with two attached hydrogens (primary N) is 1. The summed E-state index contributed by atoms with van der Waals surface area (Å²) in [5, 5.41) is 5.02. The van der Waals surface area contributed by atoms with Gasteiger partial charge < -0.3 is 4.74 Å². The van der Waals surface area contributed by atoms with E-state index in [1.165, 1.54) is 0 Å². The predicted octanol–water partition coefficient (Wildman–Crippen LogP) is 2.17. The topological polar surface area (TPSA) is 69.4 Å². The second-order valence-corrected chi connectivity index (χ2v) is 5.25. The molecule has 0 spiro atoms. The van der Waals surface area contributed by atoms with Crippen LogP contribution in [0.4, 0.5) is 4.39 Å². The predicted molar refractivity (Wildman–Crippen MR) is 63.1 cm³/mol. The van der Waals surface area contributed by atoms with Crippen LogP contribution in [0.5, 0.6) is 5.75 Å². The zero-order valence-corrected chi connectivity index (χ0v) is 10.7. The summed E-state index contributed by atoms with van der Waals surface area (Å²) < 4.78 is 40.2. The molecule has 0 amide bonds. The number of halogens is 3. The number of ether oxygens (including phenoxy) is 1. The van der Waals surface area contributed by atoms with Crippen LogP contribution < -0.4 is 9.88 Å². The summed E-state index contributed by atoms with van der Waals surface area (Å²) in [6, 6.07) is 3.04. The maximum atomic E-state index is 13.4. The molecule has 1 aromatic carbocycles. The molecule has 0 aliphatic heterocycles. The molecule has 0 unspecified atom stereocenters. The number of hydrogen-bond acceptors (Lipinski definition) is 3. The zero-order chi connectivity index (χ0) is 13.1. The number of hydrogen-bond donors (Lipinski definition) is 1. The summed E-state index contributed by atoms with van der Waals surface area (Å²) in [7, 11) is -3.93. The minimum atomic E-state index is -3.93. The Morgan fingerprint density at radius 1 is 1.53 bits per heavy atom. The molecule has 0 aliphatic rings. The molecule has 2 N–H and O–H groups in total. The molecule has 0 fully saturated rings. The largest absolute Gasteiger partial charge is 0.485 e. The second kappa shape index (κ2) is 5.68. The Balaban J connectivity index is 2.91. The fourth-order valence-electron chi connectivity index (χ4n) is 0.954. The minimum absolute atomic E-state index is 0.114. The maximum Gasteiger partial charge on any atom is 0.238 e. The molecule has 0 heterocycles. The monoisotopic (exact) mass is 299 g/mol. The first-order chi connectivity index (χ1) is 7.84. The summed E-state index contributed by atoms with van der Waals surface area (Å²) in [6.45, 7) is -0.114. The Morgan fingerprint density at radius 3 is 2.65 bits per heavy atom. The van der Waals surface area contributed by atoms with E-state index in [1.807, 2.05) is 0 Å². The highest BCUT2D eigenvalue weighted by molar-refractivity contribution is 7.89. The van der Waals surface area contributed by atoms with Crippen LogP contribution in [0.3, 0.4) is 0 Å². The van der Waals surface area contributed by atoms with Crippen LogP contribution >= 0.6 is 23.2 Å². The Morgan fingerprint density at radius 2 is 2.18 bits per heavy atom. The molecule has 0 saturated carbocycles. The van der Waals surface area contributed by atoms with Crippen molar-refractivity contribution in [2.75, 3.05) is 6.61 Å². The Bertz CT molecular complexity index is 545. The molecule has 17 heavy (non-hydrogen) atoms. The highest BCUT2D eigenvalue weighted by atomic mass is 35.5. The molecule has 0 saturated heterocycles. The van der Waals surface area contributed by atoms with Crippen LogP contribution in [0, 0.1) is 5.82 Å². The lowest BCUT2D eigenvalue weighted by Gasteiger charge is -2.07. The van der Waals surface area contributed by atoms with Crippen molar-refractivity contribution in [3.05, 3.63) is 34.6 Å². The van der Waals surface area contributed by atoms with Gasteiger partial charge in [0, 0.05) is 5.54 Å². The fourth-order valence-corrected chi connectivity index (χ4v) is 1.60. The summed E-state index contributed by atoms with van der Waals surface area (Å²) in [5.41, 5.74) is 1.08. The smallest absolute Gasteiger partial charge is 0.238 e. The van der Waals surface area contributed by atoms with Crippen LogP contribution in [0.1, 0.15) is 0 Å². The van der Waals surface area contributed by atoms with Gasteiger partial charge >= 0.3 is 0 Å². The van der Waals surface area contributed by atoms with E-state index in [2.05, 4.69) is 0 Å². The third-order valence-corrected chi connectivity index (χ3v) is 3.22. The van der Waals surface area contributed by atoms with Crippen LogP contribution in [0.15, 0.2) is 33.7 Å². The Labute approximate surface area is 108 Å². The van der Waals surface area contributed by atoms with Gasteiger partial charge in [0.25, 0.3) is 0 Å². The SMILES string of the molecule is NS(=O)(=O)c1ccc(OC/C(Cl)=C/Cl)c(F)c1. The van der Waals surface area contributed by atoms with Crippen molar-refractivity contribution in [2.24, 2.45) is 5.14 Å². The molecule has 0 aliphatic carbocycles. The molecule has 0 aromatic heterocycles. The van der Waals surface area contributed by atoms with E-state index < -0.39 is 15.8 Å². The van der Waals surface area contributed by atoms with E-state index in [4.69, 9.17) is 33.1 Å². The number of primary sulfonamides is 1. The fraction of sp³-hybridized carbons (Fsp3) is 0.111. The highest BCUT2D eigenvalue weighted by Crippen LogP contribution is 2.21. The van der Waals surface area contributed by atoms with Gasteiger partial charge in [-0.1, -0.05) is 23.2 Å². The first-order valence-electron chi connectivity index (χ1n) is 4.24. The average molecular weight is 300 g/mol. The Hall–Kier alpha value is -0.820. The van der Waals surface area contributed by atoms with Gasteiger partial charge in [0.1, 0.15) is 6.61 Å². The molecule has 8 heteroatoms. The van der Waals surface area contributed by atoms with Crippen molar-refractivity contribution in [3.8, 4) is 5.75 Å². The van der Waals surface area contributed by atoms with E-state index in [0.29, 0.717) is 0 Å². The lowest BCUT2D eigenvalue weighted by Crippen LogP contribution is -2.12. The molecule has 0 radical (unpaired) electrons. The van der Waals surface area contributed by atoms with Crippen molar-refractivity contribution in [2.45, 2.75) is 4.90 Å². The van der Waals surface area contributed by atoms with Gasteiger partial charge in [-0.2, -0.15) is 0 Å². The van der Waals surface area contributed by atoms with Gasteiger partial charge in [-0.15, -0.1) is 0 Å². The number of benzene rings is 1. The molecule has 0 atom stereocenters. The van der Waals surface area contributed by atoms with Crippen molar-refractivity contribution in [3.63, 3.8) is 0 Å². The summed E-state index contributed by atoms with van der Waals surface area (Å²) in [4.78, 5) is -0.332. The summed E-state index contributed by atoms with van der Waals surface area (Å²) in [6.07, 6.45) is 0. The number of sulfonamides is 1. The zero-order valence-electron chi connectivity index (χ0n) is 8.36. The van der Waals surface area contributed by atoms with Gasteiger partial charge in [0.15, 0.2) is 11.6 Å². The quantitative estimate of drug-likeness (QED) is 0.926. The molecular weight excluding hydrogens is 292 g/mol. The molecule has 4 nitrogen and oxygen atoms in total. The van der Waals surface area contributed by atoms with Crippen LogP contribution in [0.2, 0.25) is 0 Å².